The quantitative estimate of drug-likeness (QED) is 0.463. The lowest BCUT2D eigenvalue weighted by Crippen LogP contribution is -1.91. The van der Waals surface area contributed by atoms with Crippen molar-refractivity contribution in [2.24, 2.45) is 0 Å². The Morgan fingerprint density at radius 3 is 2.44 bits per heavy atom. The van der Waals surface area contributed by atoms with Gasteiger partial charge in [0.05, 0.1) is 0 Å². The van der Waals surface area contributed by atoms with E-state index in [2.05, 4.69) is 28.4 Å². The molecule has 124 valence electrons. The average Bonchev–Trinajstić information content (AvgIpc) is 3.26. The number of aromatic nitrogens is 2. The van der Waals surface area contributed by atoms with Gasteiger partial charge in [-0.15, -0.1) is 0 Å². The molecule has 2 aromatic heterocycles. The van der Waals surface area contributed by atoms with Gasteiger partial charge < -0.3 is 4.42 Å². The molecule has 4 nitrogen and oxygen atoms in total. The van der Waals surface area contributed by atoms with Crippen LogP contribution in [0.15, 0.2) is 46.9 Å². The highest BCUT2D eigenvalue weighted by Gasteiger charge is 2.15. The topological polar surface area (TPSA) is 56.0 Å². The van der Waals surface area contributed by atoms with Crippen LogP contribution in [0.2, 0.25) is 0 Å². The van der Waals surface area contributed by atoms with Gasteiger partial charge in [0.2, 0.25) is 0 Å². The first kappa shape index (κ1) is 15.7. The maximum atomic E-state index is 11.4. The standard InChI is InChI=1S/C20H16N2O2S/c1-11-4-5-12(2)18-16(11)10-17(24-18)20-21-19(22-25-20)15-8-6-14(7-9-15)13(3)23/h4-10H,1-3H3. The van der Waals surface area contributed by atoms with Crippen LogP contribution in [0.25, 0.3) is 33.1 Å². The number of furan rings is 1. The molecule has 25 heavy (non-hydrogen) atoms. The second-order valence-corrected chi connectivity index (χ2v) is 6.86. The second-order valence-electron chi connectivity index (χ2n) is 6.11. The van der Waals surface area contributed by atoms with Crippen molar-refractivity contribution in [3.8, 4) is 22.2 Å². The summed E-state index contributed by atoms with van der Waals surface area (Å²) in [5.41, 5.74) is 4.76. The maximum absolute atomic E-state index is 11.4. The third-order valence-electron chi connectivity index (χ3n) is 4.28. The molecule has 0 radical (unpaired) electrons. The van der Waals surface area contributed by atoms with Crippen LogP contribution in [0.5, 0.6) is 0 Å². The predicted molar refractivity (Wildman–Crippen MR) is 100 cm³/mol. The smallest absolute Gasteiger partial charge is 0.179 e. The number of ketones is 1. The van der Waals surface area contributed by atoms with Crippen molar-refractivity contribution in [2.75, 3.05) is 0 Å². The van der Waals surface area contributed by atoms with Crippen LogP contribution in [-0.4, -0.2) is 15.1 Å². The minimum Gasteiger partial charge on any atom is -0.453 e. The molecule has 0 bridgehead atoms. The van der Waals surface area contributed by atoms with E-state index in [1.54, 1.807) is 19.1 Å². The van der Waals surface area contributed by atoms with Crippen LogP contribution in [-0.2, 0) is 0 Å². The molecular formula is C20H16N2O2S. The lowest BCUT2D eigenvalue weighted by molar-refractivity contribution is 0.101. The van der Waals surface area contributed by atoms with Crippen molar-refractivity contribution in [1.29, 1.82) is 0 Å². The number of rotatable bonds is 3. The van der Waals surface area contributed by atoms with Gasteiger partial charge in [-0.2, -0.15) is 4.37 Å². The molecule has 2 aromatic carbocycles. The van der Waals surface area contributed by atoms with Crippen LogP contribution >= 0.6 is 11.5 Å². The zero-order valence-corrected chi connectivity index (χ0v) is 15.0. The first-order chi connectivity index (χ1) is 12.0. The average molecular weight is 348 g/mol. The number of hydrogen-bond donors (Lipinski definition) is 0. The molecule has 0 amide bonds. The number of carbonyl (C=O) groups excluding carboxylic acids is 1. The highest BCUT2D eigenvalue weighted by Crippen LogP contribution is 2.33. The molecule has 0 unspecified atom stereocenters. The lowest BCUT2D eigenvalue weighted by atomic mass is 10.1. The zero-order chi connectivity index (χ0) is 17.6. The first-order valence-electron chi connectivity index (χ1n) is 7.98. The zero-order valence-electron chi connectivity index (χ0n) is 14.2. The van der Waals surface area contributed by atoms with E-state index in [-0.39, 0.29) is 5.78 Å². The van der Waals surface area contributed by atoms with E-state index in [0.29, 0.717) is 11.4 Å². The Kier molecular flexibility index (Phi) is 3.73. The first-order valence-corrected chi connectivity index (χ1v) is 8.75. The number of benzene rings is 2. The molecule has 5 heteroatoms. The van der Waals surface area contributed by atoms with Gasteiger partial charge in [-0.3, -0.25) is 4.79 Å². The predicted octanol–water partition coefficient (Wildman–Crippen LogP) is 5.44. The SMILES string of the molecule is CC(=O)c1ccc(-c2nsc(-c3cc4c(C)ccc(C)c4o3)n2)cc1. The summed E-state index contributed by atoms with van der Waals surface area (Å²) < 4.78 is 10.5. The van der Waals surface area contributed by atoms with E-state index in [1.807, 2.05) is 25.1 Å². The number of nitrogens with zero attached hydrogens (tertiary/aromatic N) is 2. The maximum Gasteiger partial charge on any atom is 0.179 e. The molecule has 0 aliphatic carbocycles. The summed E-state index contributed by atoms with van der Waals surface area (Å²) >= 11 is 1.31. The Morgan fingerprint density at radius 2 is 1.76 bits per heavy atom. The van der Waals surface area contributed by atoms with Crippen molar-refractivity contribution < 1.29 is 9.21 Å². The number of fused-ring (bicyclic) bond motifs is 1. The molecule has 0 aliphatic heterocycles. The normalized spacial score (nSPS) is 11.2. The molecule has 0 fully saturated rings. The summed E-state index contributed by atoms with van der Waals surface area (Å²) in [6, 6.07) is 13.5. The van der Waals surface area contributed by atoms with Crippen molar-refractivity contribution in [1.82, 2.24) is 9.36 Å². The molecule has 4 aromatic rings. The van der Waals surface area contributed by atoms with Crippen molar-refractivity contribution >= 4 is 28.3 Å². The Bertz CT molecular complexity index is 1050. The van der Waals surface area contributed by atoms with E-state index in [4.69, 9.17) is 4.42 Å². The van der Waals surface area contributed by atoms with Crippen LogP contribution < -0.4 is 0 Å². The Hall–Kier alpha value is -2.79. The molecule has 4 rings (SSSR count). The molecule has 0 saturated carbocycles. The minimum absolute atomic E-state index is 0.0477. The highest BCUT2D eigenvalue weighted by molar-refractivity contribution is 7.09. The van der Waals surface area contributed by atoms with Gasteiger partial charge in [-0.1, -0.05) is 36.4 Å². The number of Topliss-reactive ketones (excluding diaryl/α,β-unsaturated/α-hetero) is 1. The molecule has 2 heterocycles. The van der Waals surface area contributed by atoms with E-state index in [1.165, 1.54) is 17.1 Å². The van der Waals surface area contributed by atoms with Crippen LogP contribution in [0, 0.1) is 13.8 Å². The summed E-state index contributed by atoms with van der Waals surface area (Å²) in [5.74, 6) is 1.42. The Labute approximate surface area is 149 Å². The summed E-state index contributed by atoms with van der Waals surface area (Å²) in [6.07, 6.45) is 0. The van der Waals surface area contributed by atoms with Gasteiger partial charge in [0, 0.05) is 16.5 Å². The van der Waals surface area contributed by atoms with Crippen LogP contribution in [0.1, 0.15) is 28.4 Å². The summed E-state index contributed by atoms with van der Waals surface area (Å²) in [6.45, 7) is 5.67. The van der Waals surface area contributed by atoms with Crippen molar-refractivity contribution in [3.05, 3.63) is 59.2 Å². The fourth-order valence-corrected chi connectivity index (χ4v) is 3.43. The lowest BCUT2D eigenvalue weighted by Gasteiger charge is -1.97. The van der Waals surface area contributed by atoms with Crippen molar-refractivity contribution in [2.45, 2.75) is 20.8 Å². The summed E-state index contributed by atoms with van der Waals surface area (Å²) in [7, 11) is 0. The second kappa shape index (κ2) is 5.93. The molecule has 0 spiro atoms. The fraction of sp³-hybridized carbons (Fsp3) is 0.150. The van der Waals surface area contributed by atoms with Crippen molar-refractivity contribution in [3.63, 3.8) is 0 Å². The number of carbonyl (C=O) groups is 1. The van der Waals surface area contributed by atoms with Crippen LogP contribution in [0.3, 0.4) is 0 Å². The van der Waals surface area contributed by atoms with Crippen LogP contribution in [0.4, 0.5) is 0 Å². The molecule has 0 N–H and O–H groups in total. The molecule has 0 atom stereocenters. The summed E-state index contributed by atoms with van der Waals surface area (Å²) in [4.78, 5) is 16.0. The Balaban J connectivity index is 1.73. The van der Waals surface area contributed by atoms with Gasteiger partial charge in [0.1, 0.15) is 5.58 Å². The monoisotopic (exact) mass is 348 g/mol. The van der Waals surface area contributed by atoms with E-state index in [9.17, 15) is 4.79 Å². The van der Waals surface area contributed by atoms with Gasteiger partial charge in [-0.05, 0) is 49.5 Å². The van der Waals surface area contributed by atoms with Gasteiger partial charge >= 0.3 is 0 Å². The van der Waals surface area contributed by atoms with E-state index >= 15 is 0 Å². The largest absolute Gasteiger partial charge is 0.453 e. The third-order valence-corrected chi connectivity index (χ3v) is 5.01. The third kappa shape index (κ3) is 2.76. The number of aryl methyl sites for hydroxylation is 2. The van der Waals surface area contributed by atoms with Gasteiger partial charge in [-0.25, -0.2) is 4.98 Å². The molecule has 0 saturated heterocycles. The number of hydrogen-bond acceptors (Lipinski definition) is 5. The molecular weight excluding hydrogens is 332 g/mol. The molecule has 0 aliphatic rings. The Morgan fingerprint density at radius 1 is 1.04 bits per heavy atom. The highest BCUT2D eigenvalue weighted by atomic mass is 32.1. The summed E-state index contributed by atoms with van der Waals surface area (Å²) in [5, 5.41) is 1.86. The fourth-order valence-electron chi connectivity index (χ4n) is 2.79. The van der Waals surface area contributed by atoms with Gasteiger partial charge in [0.15, 0.2) is 22.4 Å². The van der Waals surface area contributed by atoms with E-state index < -0.39 is 0 Å². The minimum atomic E-state index is 0.0477. The van der Waals surface area contributed by atoms with Gasteiger partial charge in [0.25, 0.3) is 0 Å². The van der Waals surface area contributed by atoms with E-state index in [0.717, 1.165) is 32.9 Å².